The van der Waals surface area contributed by atoms with E-state index in [4.69, 9.17) is 12.3 Å². The first-order chi connectivity index (χ1) is 13.7. The van der Waals surface area contributed by atoms with Crippen molar-refractivity contribution in [2.24, 2.45) is 0 Å². The van der Waals surface area contributed by atoms with Gasteiger partial charge in [-0.3, -0.25) is 0 Å². The van der Waals surface area contributed by atoms with Crippen LogP contribution in [-0.2, 0) is 12.3 Å². The Balaban J connectivity index is 2.44. The molecule has 0 heterocycles. The Morgan fingerprint density at radius 2 is 0.867 bits per heavy atom. The minimum absolute atomic E-state index is 1.08. The maximum Gasteiger partial charge on any atom is 0.505 e. The van der Waals surface area contributed by atoms with Gasteiger partial charge in [-0.15, -0.1) is 0 Å². The molecule has 164 valence electrons. The van der Waals surface area contributed by atoms with Crippen LogP contribution in [0.4, 0.5) is 0 Å². The van der Waals surface area contributed by atoms with Crippen LogP contribution in [-0.4, -0.2) is 33.8 Å². The summed E-state index contributed by atoms with van der Waals surface area (Å²) in [5, 5.41) is 1.08. The largest absolute Gasteiger partial charge is 0.505 e. The van der Waals surface area contributed by atoms with Gasteiger partial charge in [0.15, 0.2) is 25.0 Å². The van der Waals surface area contributed by atoms with Gasteiger partial charge in [0.05, 0.1) is 0 Å². The summed E-state index contributed by atoms with van der Waals surface area (Å²) < 4.78 is 20.5. The first kappa shape index (κ1) is 25.2. The van der Waals surface area contributed by atoms with Crippen molar-refractivity contribution in [2.45, 2.75) is 58.9 Å². The molecule has 0 N–H and O–H groups in total. The molecule has 0 aromatic heterocycles. The van der Waals surface area contributed by atoms with Gasteiger partial charge in [-0.25, -0.2) is 0 Å². The highest BCUT2D eigenvalue weighted by Crippen LogP contribution is 2.26. The Hall–Kier alpha value is -1.07. The maximum absolute atomic E-state index is 6.82. The van der Waals surface area contributed by atoms with Gasteiger partial charge < -0.3 is 12.3 Å². The second-order valence-corrected chi connectivity index (χ2v) is 27.4. The molecule has 2 aromatic rings. The van der Waals surface area contributed by atoms with Crippen LogP contribution in [0.25, 0.3) is 12.2 Å². The lowest BCUT2D eigenvalue weighted by Gasteiger charge is -2.42. The zero-order valence-electron chi connectivity index (χ0n) is 20.1. The third-order valence-electron chi connectivity index (χ3n) is 3.85. The quantitative estimate of drug-likeness (QED) is 0.304. The topological polar surface area (TPSA) is 27.7 Å². The van der Waals surface area contributed by atoms with Crippen molar-refractivity contribution in [2.75, 3.05) is 0 Å². The van der Waals surface area contributed by atoms with Gasteiger partial charge in [-0.05, 0) is 70.1 Å². The van der Waals surface area contributed by atoms with Gasteiger partial charge >= 0.3 is 8.80 Å². The van der Waals surface area contributed by atoms with Crippen LogP contribution >= 0.6 is 0 Å². The van der Waals surface area contributed by atoms with E-state index in [1.165, 1.54) is 5.56 Å². The number of benzene rings is 2. The molecule has 0 spiro atoms. The molecule has 0 bridgehead atoms. The molecule has 0 aliphatic heterocycles. The Labute approximate surface area is 187 Å². The van der Waals surface area contributed by atoms with Gasteiger partial charge in [0.1, 0.15) is 0 Å². The van der Waals surface area contributed by atoms with Crippen molar-refractivity contribution in [3.8, 4) is 0 Å². The van der Waals surface area contributed by atoms with Crippen molar-refractivity contribution in [1.82, 2.24) is 0 Å². The van der Waals surface area contributed by atoms with E-state index in [0.717, 1.165) is 10.8 Å². The second kappa shape index (κ2) is 9.60. The zero-order valence-corrected chi connectivity index (χ0v) is 24.1. The van der Waals surface area contributed by atoms with E-state index in [1.807, 2.05) is 6.07 Å². The van der Waals surface area contributed by atoms with Crippen LogP contribution < -0.4 is 5.19 Å². The highest BCUT2D eigenvalue weighted by molar-refractivity contribution is 6.95. The summed E-state index contributed by atoms with van der Waals surface area (Å²) in [6.45, 7) is 19.9. The lowest BCUT2D eigenvalue weighted by Crippen LogP contribution is -2.67. The molecule has 0 atom stereocenters. The van der Waals surface area contributed by atoms with Crippen LogP contribution in [0.15, 0.2) is 54.6 Å². The maximum atomic E-state index is 6.82. The minimum atomic E-state index is -3.03. The Kier molecular flexibility index (Phi) is 8.06. The summed E-state index contributed by atoms with van der Waals surface area (Å²) in [5.74, 6) is 0. The summed E-state index contributed by atoms with van der Waals surface area (Å²) in [4.78, 5) is 0. The normalized spacial score (nSPS) is 13.8. The molecular weight excluding hydrogens is 437 g/mol. The van der Waals surface area contributed by atoms with E-state index in [9.17, 15) is 0 Å². The molecule has 0 aliphatic carbocycles. The highest BCUT2D eigenvalue weighted by atomic mass is 28.5. The van der Waals surface area contributed by atoms with Gasteiger partial charge in [0, 0.05) is 5.19 Å². The molecule has 7 heteroatoms. The lowest BCUT2D eigenvalue weighted by molar-refractivity contribution is 0.273. The fraction of sp³-hybridized carbons (Fsp3) is 0.391. The Morgan fingerprint density at radius 1 is 0.500 bits per heavy atom. The molecule has 0 saturated carbocycles. The van der Waals surface area contributed by atoms with Crippen LogP contribution in [0.1, 0.15) is 11.1 Å². The monoisotopic (exact) mass is 474 g/mol. The van der Waals surface area contributed by atoms with E-state index in [0.29, 0.717) is 0 Å². The summed E-state index contributed by atoms with van der Waals surface area (Å²) in [6, 6.07) is 18.9. The Bertz CT molecular complexity index is 789. The summed E-state index contributed by atoms with van der Waals surface area (Å²) in [5.41, 5.74) is 2.34. The minimum Gasteiger partial charge on any atom is -0.414 e. The molecule has 2 aromatic carbocycles. The van der Waals surface area contributed by atoms with Crippen molar-refractivity contribution in [1.29, 1.82) is 0 Å². The van der Waals surface area contributed by atoms with Crippen molar-refractivity contribution < 1.29 is 12.3 Å². The van der Waals surface area contributed by atoms with Gasteiger partial charge in [0.25, 0.3) is 0 Å². The third kappa shape index (κ3) is 8.58. The Morgan fingerprint density at radius 3 is 1.23 bits per heavy atom. The third-order valence-corrected chi connectivity index (χ3v) is 15.5. The molecule has 0 amide bonds. The van der Waals surface area contributed by atoms with Gasteiger partial charge in [0.2, 0.25) is 0 Å². The average molecular weight is 475 g/mol. The summed E-state index contributed by atoms with van der Waals surface area (Å²) >= 11 is 0. The smallest absolute Gasteiger partial charge is 0.414 e. The predicted molar refractivity (Wildman–Crippen MR) is 140 cm³/mol. The van der Waals surface area contributed by atoms with Gasteiger partial charge in [-0.2, -0.15) is 0 Å². The van der Waals surface area contributed by atoms with E-state index in [2.05, 4.69) is 120 Å². The zero-order chi connectivity index (χ0) is 22.6. The van der Waals surface area contributed by atoms with Crippen LogP contribution in [0.5, 0.6) is 0 Å². The van der Waals surface area contributed by atoms with Crippen LogP contribution in [0.2, 0.25) is 58.9 Å². The predicted octanol–water partition coefficient (Wildman–Crippen LogP) is 6.56. The van der Waals surface area contributed by atoms with Gasteiger partial charge in [-0.1, -0.05) is 66.7 Å². The fourth-order valence-electron chi connectivity index (χ4n) is 3.00. The average Bonchev–Trinajstić information content (AvgIpc) is 2.56. The summed E-state index contributed by atoms with van der Waals surface area (Å²) in [7, 11) is -8.74. The molecule has 2 rings (SSSR count). The van der Waals surface area contributed by atoms with Crippen LogP contribution in [0, 0.1) is 0 Å². The first-order valence-electron chi connectivity index (χ1n) is 10.6. The van der Waals surface area contributed by atoms with E-state index in [1.54, 1.807) is 0 Å². The first-order valence-corrected chi connectivity index (χ1v) is 22.6. The molecule has 0 unspecified atom stereocenters. The number of hydrogen-bond donors (Lipinski definition) is 0. The standard InChI is InChI=1S/C23H38O3Si4/c1-27(2,3)24-30(25-28(4,5)6,26-29(7,8)9)23-19-17-22(18-20-23)16-15-21-13-11-10-12-14-21/h10-20H,1-9H3/b16-15+. The van der Waals surface area contributed by atoms with E-state index < -0.39 is 33.8 Å². The van der Waals surface area contributed by atoms with E-state index >= 15 is 0 Å². The number of rotatable bonds is 9. The van der Waals surface area contributed by atoms with Crippen molar-refractivity contribution >= 4 is 51.1 Å². The molecule has 0 fully saturated rings. The summed E-state index contributed by atoms with van der Waals surface area (Å²) in [6.07, 6.45) is 4.27. The van der Waals surface area contributed by atoms with Crippen molar-refractivity contribution in [3.63, 3.8) is 0 Å². The second-order valence-electron chi connectivity index (χ2n) is 10.6. The SMILES string of the molecule is C[Si](C)(C)O[Si](O[Si](C)(C)C)(O[Si](C)(C)C)c1ccc(/C=C/c2ccccc2)cc1. The fourth-order valence-corrected chi connectivity index (χ4v) is 16.3. The highest BCUT2D eigenvalue weighted by Gasteiger charge is 2.51. The molecule has 0 aliphatic rings. The number of hydrogen-bond acceptors (Lipinski definition) is 3. The van der Waals surface area contributed by atoms with Crippen LogP contribution in [0.3, 0.4) is 0 Å². The van der Waals surface area contributed by atoms with E-state index in [-0.39, 0.29) is 0 Å². The molecule has 0 saturated heterocycles. The lowest BCUT2D eigenvalue weighted by atomic mass is 10.1. The molecular formula is C23H38O3Si4. The molecule has 0 radical (unpaired) electrons. The van der Waals surface area contributed by atoms with Crippen molar-refractivity contribution in [3.05, 3.63) is 65.7 Å². The molecule has 30 heavy (non-hydrogen) atoms. The molecule has 3 nitrogen and oxygen atoms in total.